The topological polar surface area (TPSA) is 104 Å². The summed E-state index contributed by atoms with van der Waals surface area (Å²) in [7, 11) is 0. The van der Waals surface area contributed by atoms with Crippen LogP contribution in [0.5, 0.6) is 0 Å². The van der Waals surface area contributed by atoms with Gasteiger partial charge in [-0.05, 0) is 27.7 Å². The van der Waals surface area contributed by atoms with Gasteiger partial charge in [0.2, 0.25) is 6.10 Å². The number of aromatic nitrogens is 1. The van der Waals surface area contributed by atoms with E-state index in [9.17, 15) is 9.59 Å². The first-order valence-corrected chi connectivity index (χ1v) is 6.74. The monoisotopic (exact) mass is 299 g/mol. The maximum absolute atomic E-state index is 11.7. The number of nitrogens with zero attached hydrogens (tertiary/aromatic N) is 2. The van der Waals surface area contributed by atoms with Crippen molar-refractivity contribution in [2.45, 2.75) is 39.4 Å². The number of aldehydes is 1. The second-order valence-electron chi connectivity index (χ2n) is 4.95. The SMILES string of the molecule is CC(O/N=C(/C=O)c1csc(N)n1)C(=O)OC(C)(C)C. The van der Waals surface area contributed by atoms with Crippen molar-refractivity contribution >= 4 is 34.4 Å². The molecular formula is C12H17N3O4S. The molecule has 1 rings (SSSR count). The Kier molecular flexibility index (Phi) is 5.20. The molecule has 0 aliphatic heterocycles. The molecule has 8 heteroatoms. The van der Waals surface area contributed by atoms with Crippen molar-refractivity contribution in [2.75, 3.05) is 5.73 Å². The first kappa shape index (κ1) is 16.1. The Balaban J connectivity index is 2.69. The average molecular weight is 299 g/mol. The first-order valence-electron chi connectivity index (χ1n) is 5.86. The number of hydrogen-bond acceptors (Lipinski definition) is 8. The third-order valence-electron chi connectivity index (χ3n) is 1.94. The van der Waals surface area contributed by atoms with Gasteiger partial charge in [0.1, 0.15) is 11.3 Å². The van der Waals surface area contributed by atoms with Gasteiger partial charge in [0, 0.05) is 5.38 Å². The zero-order valence-corrected chi connectivity index (χ0v) is 12.6. The molecule has 0 aromatic carbocycles. The molecule has 0 fully saturated rings. The van der Waals surface area contributed by atoms with E-state index >= 15 is 0 Å². The Morgan fingerprint density at radius 2 is 2.20 bits per heavy atom. The smallest absolute Gasteiger partial charge is 0.350 e. The maximum atomic E-state index is 11.7. The summed E-state index contributed by atoms with van der Waals surface area (Å²) >= 11 is 1.18. The van der Waals surface area contributed by atoms with Gasteiger partial charge in [-0.1, -0.05) is 5.16 Å². The lowest BCUT2D eigenvalue weighted by Crippen LogP contribution is -2.31. The number of anilines is 1. The van der Waals surface area contributed by atoms with Crippen LogP contribution in [0.1, 0.15) is 33.4 Å². The molecule has 0 saturated heterocycles. The molecule has 0 radical (unpaired) electrons. The lowest BCUT2D eigenvalue weighted by atomic mass is 10.2. The number of nitrogen functional groups attached to an aromatic ring is 1. The molecule has 0 amide bonds. The quantitative estimate of drug-likeness (QED) is 0.381. The highest BCUT2D eigenvalue weighted by atomic mass is 32.1. The number of oxime groups is 1. The van der Waals surface area contributed by atoms with Crippen LogP contribution in [0.3, 0.4) is 0 Å². The maximum Gasteiger partial charge on any atom is 0.350 e. The number of carbonyl (C=O) groups is 2. The Morgan fingerprint density at radius 3 is 2.65 bits per heavy atom. The van der Waals surface area contributed by atoms with Crippen LogP contribution in [0.4, 0.5) is 5.13 Å². The zero-order valence-electron chi connectivity index (χ0n) is 11.7. The van der Waals surface area contributed by atoms with Crippen molar-refractivity contribution in [2.24, 2.45) is 5.16 Å². The lowest BCUT2D eigenvalue weighted by molar-refractivity contribution is -0.167. The molecule has 0 saturated carbocycles. The minimum absolute atomic E-state index is 0.0339. The lowest BCUT2D eigenvalue weighted by Gasteiger charge is -2.21. The predicted molar refractivity (Wildman–Crippen MR) is 75.5 cm³/mol. The first-order chi connectivity index (χ1) is 9.23. The minimum atomic E-state index is -0.930. The number of hydrogen-bond donors (Lipinski definition) is 1. The van der Waals surface area contributed by atoms with Crippen molar-refractivity contribution in [1.82, 2.24) is 4.98 Å². The molecule has 2 N–H and O–H groups in total. The molecule has 0 aliphatic carbocycles. The van der Waals surface area contributed by atoms with Gasteiger partial charge in [0.25, 0.3) is 0 Å². The summed E-state index contributed by atoms with van der Waals surface area (Å²) in [6, 6.07) is 0. The van der Waals surface area contributed by atoms with Crippen molar-refractivity contribution in [3.8, 4) is 0 Å². The predicted octanol–water partition coefficient (Wildman–Crippen LogP) is 1.38. The Bertz CT molecular complexity index is 519. The van der Waals surface area contributed by atoms with E-state index in [0.29, 0.717) is 17.1 Å². The summed E-state index contributed by atoms with van der Waals surface area (Å²) < 4.78 is 5.12. The number of thiazole rings is 1. The number of carbonyl (C=O) groups excluding carboxylic acids is 2. The molecule has 1 heterocycles. The second-order valence-corrected chi connectivity index (χ2v) is 5.84. The van der Waals surface area contributed by atoms with E-state index in [2.05, 4.69) is 10.1 Å². The van der Waals surface area contributed by atoms with E-state index in [0.717, 1.165) is 0 Å². The zero-order chi connectivity index (χ0) is 15.3. The number of rotatable bonds is 5. The fourth-order valence-electron chi connectivity index (χ4n) is 1.10. The van der Waals surface area contributed by atoms with Gasteiger partial charge >= 0.3 is 5.97 Å². The van der Waals surface area contributed by atoms with Crippen molar-refractivity contribution in [3.05, 3.63) is 11.1 Å². The van der Waals surface area contributed by atoms with Crippen LogP contribution in [0.25, 0.3) is 0 Å². The standard InChI is InChI=1S/C12H17N3O4S/c1-7(10(17)18-12(2,3)4)19-15-8(5-16)9-6-20-11(13)14-9/h5-7H,1-4H3,(H2,13,14)/b15-8-. The van der Waals surface area contributed by atoms with Gasteiger partial charge in [0.15, 0.2) is 17.1 Å². The highest BCUT2D eigenvalue weighted by Crippen LogP contribution is 2.13. The average Bonchev–Trinajstić information content (AvgIpc) is 2.74. The largest absolute Gasteiger partial charge is 0.457 e. The van der Waals surface area contributed by atoms with Crippen LogP contribution in [0.2, 0.25) is 0 Å². The molecule has 7 nitrogen and oxygen atoms in total. The van der Waals surface area contributed by atoms with Gasteiger partial charge in [-0.2, -0.15) is 0 Å². The summed E-state index contributed by atoms with van der Waals surface area (Å²) in [6.45, 7) is 6.72. The van der Waals surface area contributed by atoms with E-state index in [1.807, 2.05) is 0 Å². The van der Waals surface area contributed by atoms with Gasteiger partial charge in [0.05, 0.1) is 0 Å². The molecule has 1 aromatic rings. The normalized spacial score (nSPS) is 13.7. The highest BCUT2D eigenvalue weighted by molar-refractivity contribution is 7.13. The summed E-state index contributed by atoms with van der Waals surface area (Å²) in [6.07, 6.45) is -0.448. The molecule has 110 valence electrons. The number of nitrogens with two attached hydrogens (primary N) is 1. The van der Waals surface area contributed by atoms with Gasteiger partial charge in [-0.25, -0.2) is 9.78 Å². The van der Waals surface area contributed by atoms with Crippen LogP contribution < -0.4 is 5.73 Å². The van der Waals surface area contributed by atoms with E-state index in [4.69, 9.17) is 15.3 Å². The van der Waals surface area contributed by atoms with Gasteiger partial charge in [-0.3, -0.25) is 4.79 Å². The fraction of sp³-hybridized carbons (Fsp3) is 0.500. The van der Waals surface area contributed by atoms with Crippen molar-refractivity contribution in [3.63, 3.8) is 0 Å². The Morgan fingerprint density at radius 1 is 1.55 bits per heavy atom. The third-order valence-corrected chi connectivity index (χ3v) is 2.62. The Hall–Kier alpha value is -1.96. The molecule has 0 aliphatic rings. The second kappa shape index (κ2) is 6.47. The Labute approximate surface area is 120 Å². The molecule has 1 aromatic heterocycles. The summed E-state index contributed by atoms with van der Waals surface area (Å²) in [5.41, 5.74) is 5.12. The van der Waals surface area contributed by atoms with Crippen LogP contribution in [-0.4, -0.2) is 34.7 Å². The molecular weight excluding hydrogens is 282 g/mol. The third kappa shape index (κ3) is 4.96. The number of ether oxygens (including phenoxy) is 1. The van der Waals surface area contributed by atoms with Crippen LogP contribution in [-0.2, 0) is 19.2 Å². The fourth-order valence-corrected chi connectivity index (χ4v) is 1.65. The summed E-state index contributed by atoms with van der Waals surface area (Å²) in [4.78, 5) is 31.5. The molecule has 1 unspecified atom stereocenters. The van der Waals surface area contributed by atoms with Gasteiger partial charge < -0.3 is 15.3 Å². The molecule has 20 heavy (non-hydrogen) atoms. The van der Waals surface area contributed by atoms with Gasteiger partial charge in [-0.15, -0.1) is 11.3 Å². The van der Waals surface area contributed by atoms with E-state index in [1.54, 1.807) is 26.2 Å². The molecule has 1 atom stereocenters. The van der Waals surface area contributed by atoms with E-state index in [1.165, 1.54) is 18.3 Å². The van der Waals surface area contributed by atoms with Crippen LogP contribution >= 0.6 is 11.3 Å². The minimum Gasteiger partial charge on any atom is -0.457 e. The van der Waals surface area contributed by atoms with E-state index in [-0.39, 0.29) is 5.71 Å². The number of esters is 1. The summed E-state index contributed by atoms with van der Waals surface area (Å²) in [5.74, 6) is -0.565. The van der Waals surface area contributed by atoms with Crippen LogP contribution in [0.15, 0.2) is 10.5 Å². The van der Waals surface area contributed by atoms with Crippen LogP contribution in [0, 0.1) is 0 Å². The molecule has 0 bridgehead atoms. The van der Waals surface area contributed by atoms with E-state index < -0.39 is 17.7 Å². The van der Waals surface area contributed by atoms with Crippen molar-refractivity contribution in [1.29, 1.82) is 0 Å². The molecule has 0 spiro atoms. The van der Waals surface area contributed by atoms with Crippen molar-refractivity contribution < 1.29 is 19.2 Å². The highest BCUT2D eigenvalue weighted by Gasteiger charge is 2.23. The summed E-state index contributed by atoms with van der Waals surface area (Å²) in [5, 5.41) is 5.50.